The lowest BCUT2D eigenvalue weighted by molar-refractivity contribution is -0.135. The highest BCUT2D eigenvalue weighted by Gasteiger charge is 2.39. The molecule has 0 bridgehead atoms. The first-order valence-electron chi connectivity index (χ1n) is 7.71. The number of amides is 1. The largest absolute Gasteiger partial charge is 0.496 e. The lowest BCUT2D eigenvalue weighted by Gasteiger charge is -2.38. The molecule has 0 aromatic heterocycles. The zero-order chi connectivity index (χ0) is 17.0. The third-order valence-corrected chi connectivity index (χ3v) is 4.30. The van der Waals surface area contributed by atoms with Gasteiger partial charge in [-0.1, -0.05) is 24.8 Å². The van der Waals surface area contributed by atoms with Crippen LogP contribution in [0.5, 0.6) is 5.75 Å². The highest BCUT2D eigenvalue weighted by Crippen LogP contribution is 2.35. The summed E-state index contributed by atoms with van der Waals surface area (Å²) in [6.45, 7) is 9.27. The van der Waals surface area contributed by atoms with Crippen molar-refractivity contribution >= 4 is 23.2 Å². The third-order valence-electron chi connectivity index (χ3n) is 4.08. The van der Waals surface area contributed by atoms with Crippen molar-refractivity contribution in [2.75, 3.05) is 20.2 Å². The van der Waals surface area contributed by atoms with Gasteiger partial charge < -0.3 is 20.3 Å². The molecule has 23 heavy (non-hydrogen) atoms. The van der Waals surface area contributed by atoms with Crippen molar-refractivity contribution in [2.24, 2.45) is 5.92 Å². The van der Waals surface area contributed by atoms with E-state index >= 15 is 0 Å². The first kappa shape index (κ1) is 17.3. The van der Waals surface area contributed by atoms with Crippen LogP contribution in [0, 0.1) is 5.92 Å². The van der Waals surface area contributed by atoms with Gasteiger partial charge in [0, 0.05) is 24.4 Å². The van der Waals surface area contributed by atoms with E-state index in [4.69, 9.17) is 17.0 Å². The Bertz CT molecular complexity index is 614. The van der Waals surface area contributed by atoms with Crippen LogP contribution in [-0.4, -0.2) is 36.1 Å². The molecule has 0 aliphatic carbocycles. The Morgan fingerprint density at radius 1 is 1.35 bits per heavy atom. The van der Waals surface area contributed by atoms with Gasteiger partial charge in [0.05, 0.1) is 13.2 Å². The van der Waals surface area contributed by atoms with E-state index in [0.29, 0.717) is 23.9 Å². The zero-order valence-electron chi connectivity index (χ0n) is 13.8. The molecule has 2 atom stereocenters. The molecule has 1 aromatic carbocycles. The summed E-state index contributed by atoms with van der Waals surface area (Å²) in [6, 6.07) is 7.34. The summed E-state index contributed by atoms with van der Waals surface area (Å²) >= 11 is 5.25. The molecule has 5 nitrogen and oxygen atoms in total. The number of thiocarbonyl (C=S) groups is 1. The fourth-order valence-electron chi connectivity index (χ4n) is 2.89. The maximum absolute atomic E-state index is 13.0. The molecular weight excluding hydrogens is 310 g/mol. The van der Waals surface area contributed by atoms with Gasteiger partial charge >= 0.3 is 0 Å². The molecule has 2 N–H and O–H groups in total. The molecule has 0 spiro atoms. The van der Waals surface area contributed by atoms with Gasteiger partial charge in [0.1, 0.15) is 11.7 Å². The standard InChI is InChI=1S/C17H23N3O2S/c1-5-20(6-2)16(21)14-11(3)18-17(23)19-15(14)12-9-7-8-10-13(12)22-4/h7-10,14-15H,3,5-6H2,1-2,4H3,(H2,18,19,23). The van der Waals surface area contributed by atoms with Crippen molar-refractivity contribution in [3.05, 3.63) is 42.1 Å². The highest BCUT2D eigenvalue weighted by atomic mass is 32.1. The second-order valence-electron chi connectivity index (χ2n) is 5.33. The van der Waals surface area contributed by atoms with Gasteiger partial charge in [0.2, 0.25) is 5.91 Å². The number of rotatable bonds is 5. The normalized spacial score (nSPS) is 20.5. The molecule has 0 saturated carbocycles. The number of para-hydroxylation sites is 1. The molecule has 6 heteroatoms. The summed E-state index contributed by atoms with van der Waals surface area (Å²) in [4.78, 5) is 14.8. The molecule has 1 fully saturated rings. The Balaban J connectivity index is 2.45. The van der Waals surface area contributed by atoms with Crippen LogP contribution in [0.15, 0.2) is 36.5 Å². The summed E-state index contributed by atoms with van der Waals surface area (Å²) in [5.41, 5.74) is 1.51. The van der Waals surface area contributed by atoms with Crippen molar-refractivity contribution in [1.29, 1.82) is 0 Å². The molecule has 1 amide bonds. The minimum atomic E-state index is -0.446. The average Bonchev–Trinajstić information content (AvgIpc) is 2.55. The second-order valence-corrected chi connectivity index (χ2v) is 5.74. The Labute approximate surface area is 142 Å². The average molecular weight is 333 g/mol. The summed E-state index contributed by atoms with van der Waals surface area (Å²) in [7, 11) is 1.62. The number of methoxy groups -OCH3 is 1. The number of benzene rings is 1. The van der Waals surface area contributed by atoms with E-state index in [1.165, 1.54) is 0 Å². The maximum atomic E-state index is 13.0. The summed E-state index contributed by atoms with van der Waals surface area (Å²) in [5.74, 6) is 0.302. The summed E-state index contributed by atoms with van der Waals surface area (Å²) in [5, 5.41) is 6.66. The maximum Gasteiger partial charge on any atom is 0.234 e. The molecule has 1 aliphatic heterocycles. The molecule has 2 rings (SSSR count). The van der Waals surface area contributed by atoms with E-state index in [2.05, 4.69) is 17.2 Å². The molecule has 1 aromatic rings. The smallest absolute Gasteiger partial charge is 0.234 e. The predicted molar refractivity (Wildman–Crippen MR) is 95.2 cm³/mol. The zero-order valence-corrected chi connectivity index (χ0v) is 14.6. The second kappa shape index (κ2) is 7.46. The Morgan fingerprint density at radius 2 is 2.00 bits per heavy atom. The Hall–Kier alpha value is -2.08. The molecule has 0 radical (unpaired) electrons. The first-order chi connectivity index (χ1) is 11.0. The van der Waals surface area contributed by atoms with Crippen LogP contribution in [0.4, 0.5) is 0 Å². The van der Waals surface area contributed by atoms with Gasteiger partial charge in [-0.05, 0) is 32.1 Å². The van der Waals surface area contributed by atoms with Crippen LogP contribution < -0.4 is 15.4 Å². The minimum absolute atomic E-state index is 0.0263. The van der Waals surface area contributed by atoms with Crippen LogP contribution >= 0.6 is 12.2 Å². The van der Waals surface area contributed by atoms with E-state index in [9.17, 15) is 4.79 Å². The van der Waals surface area contributed by atoms with E-state index in [1.807, 2.05) is 38.1 Å². The fraction of sp³-hybridized carbons (Fsp3) is 0.412. The molecule has 2 unspecified atom stereocenters. The van der Waals surface area contributed by atoms with Gasteiger partial charge in [-0.15, -0.1) is 0 Å². The van der Waals surface area contributed by atoms with Crippen molar-refractivity contribution in [1.82, 2.24) is 15.5 Å². The van der Waals surface area contributed by atoms with Crippen LogP contribution in [-0.2, 0) is 4.79 Å². The first-order valence-corrected chi connectivity index (χ1v) is 8.12. The molecule has 1 aliphatic rings. The van der Waals surface area contributed by atoms with E-state index in [1.54, 1.807) is 12.0 Å². The number of nitrogens with zero attached hydrogens (tertiary/aromatic N) is 1. The molecule has 124 valence electrons. The molecule has 1 heterocycles. The summed E-state index contributed by atoms with van der Waals surface area (Å²) < 4.78 is 5.45. The lowest BCUT2D eigenvalue weighted by Crippen LogP contribution is -2.53. The Kier molecular flexibility index (Phi) is 5.60. The quantitative estimate of drug-likeness (QED) is 0.809. The number of hydrogen-bond donors (Lipinski definition) is 2. The van der Waals surface area contributed by atoms with Crippen molar-refractivity contribution in [3.8, 4) is 5.75 Å². The SMILES string of the molecule is C=C1NC(=S)NC(c2ccccc2OC)C1C(=O)N(CC)CC. The number of nitrogens with one attached hydrogen (secondary N) is 2. The van der Waals surface area contributed by atoms with Crippen molar-refractivity contribution in [2.45, 2.75) is 19.9 Å². The van der Waals surface area contributed by atoms with Crippen molar-refractivity contribution in [3.63, 3.8) is 0 Å². The van der Waals surface area contributed by atoms with E-state index in [0.717, 1.165) is 11.3 Å². The van der Waals surface area contributed by atoms with Crippen LogP contribution in [0.25, 0.3) is 0 Å². The van der Waals surface area contributed by atoms with Gasteiger partial charge in [-0.25, -0.2) is 0 Å². The Morgan fingerprint density at radius 3 is 2.61 bits per heavy atom. The number of carbonyl (C=O) groups is 1. The van der Waals surface area contributed by atoms with Gasteiger partial charge in [-0.2, -0.15) is 0 Å². The number of ether oxygens (including phenoxy) is 1. The molecular formula is C17H23N3O2S. The number of hydrogen-bond acceptors (Lipinski definition) is 3. The van der Waals surface area contributed by atoms with Crippen LogP contribution in [0.3, 0.4) is 0 Å². The lowest BCUT2D eigenvalue weighted by atomic mass is 9.87. The monoisotopic (exact) mass is 333 g/mol. The summed E-state index contributed by atoms with van der Waals surface area (Å²) in [6.07, 6.45) is 0. The third kappa shape index (κ3) is 3.47. The van der Waals surface area contributed by atoms with Crippen LogP contribution in [0.2, 0.25) is 0 Å². The fourth-order valence-corrected chi connectivity index (χ4v) is 3.15. The number of carbonyl (C=O) groups excluding carboxylic acids is 1. The van der Waals surface area contributed by atoms with E-state index < -0.39 is 5.92 Å². The van der Waals surface area contributed by atoms with Crippen LogP contribution in [0.1, 0.15) is 25.5 Å². The van der Waals surface area contributed by atoms with Gasteiger partial charge in [-0.3, -0.25) is 4.79 Å². The predicted octanol–water partition coefficient (Wildman–Crippen LogP) is 2.21. The van der Waals surface area contributed by atoms with Gasteiger partial charge in [0.15, 0.2) is 5.11 Å². The van der Waals surface area contributed by atoms with Gasteiger partial charge in [0.25, 0.3) is 0 Å². The topological polar surface area (TPSA) is 53.6 Å². The van der Waals surface area contributed by atoms with E-state index in [-0.39, 0.29) is 11.9 Å². The highest BCUT2D eigenvalue weighted by molar-refractivity contribution is 7.80. The minimum Gasteiger partial charge on any atom is -0.496 e. The van der Waals surface area contributed by atoms with Crippen molar-refractivity contribution < 1.29 is 9.53 Å². The molecule has 1 saturated heterocycles.